The Morgan fingerprint density at radius 1 is 0.958 bits per heavy atom. The molecule has 10 nitrogen and oxygen atoms in total. The molecular weight excluding hydrogens is 396 g/mol. The summed E-state index contributed by atoms with van der Waals surface area (Å²) in [5, 5.41) is 10.1. The van der Waals surface area contributed by atoms with Gasteiger partial charge in [-0.3, -0.25) is 14.4 Å². The summed E-state index contributed by atoms with van der Waals surface area (Å²) in [6.07, 6.45) is -6.54. The fourth-order valence-corrected chi connectivity index (χ4v) is 2.83. The Morgan fingerprint density at radius 3 is 1.83 bits per heavy atom. The van der Waals surface area contributed by atoms with Crippen LogP contribution in [0.3, 0.4) is 0 Å². The van der Waals surface area contributed by atoms with Crippen LogP contribution in [0.4, 0.5) is 0 Å². The molecule has 0 unspecified atom stereocenters. The molecule has 1 aliphatic heterocycles. The van der Waals surface area contributed by atoms with Gasteiger partial charge in [-0.2, -0.15) is 0 Å². The van der Waals surface area contributed by atoms with Gasteiger partial charge in [0.1, 0.15) is 0 Å². The number of methoxy groups -OCH3 is 1. The van der Waals surface area contributed by atoms with Crippen LogP contribution in [0, 0.1) is 0 Å². The average molecular weight is 413 g/mol. The van der Waals surface area contributed by atoms with E-state index in [-0.39, 0.29) is 0 Å². The molecule has 0 aromatic carbocycles. The van der Waals surface area contributed by atoms with Gasteiger partial charge in [0.2, 0.25) is 0 Å². The topological polar surface area (TPSA) is 135 Å². The molecule has 0 saturated carbocycles. The highest BCUT2D eigenvalue weighted by atomic mass is 79.9. The van der Waals surface area contributed by atoms with Crippen molar-refractivity contribution in [2.45, 2.75) is 49.9 Å². The Hall–Kier alpha value is -1.72. The third-order valence-electron chi connectivity index (χ3n) is 2.92. The lowest BCUT2D eigenvalue weighted by Gasteiger charge is -2.45. The van der Waals surface area contributed by atoms with Gasteiger partial charge in [0, 0.05) is 20.8 Å². The minimum Gasteiger partial charge on any atom is -0.466 e. The van der Waals surface area contributed by atoms with Crippen molar-refractivity contribution in [3.8, 4) is 0 Å². The summed E-state index contributed by atoms with van der Waals surface area (Å²) >= 11 is 2.92. The summed E-state index contributed by atoms with van der Waals surface area (Å²) in [4.78, 5) is 46.0. The van der Waals surface area contributed by atoms with Crippen molar-refractivity contribution in [3.05, 3.63) is 0 Å². The number of hydrogen-bond donors (Lipinski definition) is 1. The molecule has 0 aromatic rings. The van der Waals surface area contributed by atoms with Crippen LogP contribution in [0.2, 0.25) is 0 Å². The summed E-state index contributed by atoms with van der Waals surface area (Å²) in [6, 6.07) is 0. The van der Waals surface area contributed by atoms with E-state index >= 15 is 0 Å². The highest BCUT2D eigenvalue weighted by Crippen LogP contribution is 2.40. The first kappa shape index (κ1) is 20.3. The van der Waals surface area contributed by atoms with E-state index in [2.05, 4.69) is 20.7 Å². The lowest BCUT2D eigenvalue weighted by molar-refractivity contribution is -0.296. The Kier molecular flexibility index (Phi) is 6.69. The van der Waals surface area contributed by atoms with Gasteiger partial charge in [-0.25, -0.2) is 4.79 Å². The minimum atomic E-state index is -2.18. The average Bonchev–Trinajstić information content (AvgIpc) is 2.45. The molecule has 24 heavy (non-hydrogen) atoms. The molecule has 136 valence electrons. The summed E-state index contributed by atoms with van der Waals surface area (Å²) in [6.45, 7) is 3.14. The number of aliphatic hydroxyl groups is 1. The first-order valence-electron chi connectivity index (χ1n) is 6.67. The highest BCUT2D eigenvalue weighted by Gasteiger charge is 2.63. The molecule has 1 N–H and O–H groups in total. The molecule has 1 rings (SSSR count). The third kappa shape index (κ3) is 4.42. The summed E-state index contributed by atoms with van der Waals surface area (Å²) in [5.41, 5.74) is 0. The lowest BCUT2D eigenvalue weighted by Crippen LogP contribution is -2.67. The standard InChI is InChI=1S/C13H17BrO10/c1-5(15)21-8-9(22-6(2)16)11(18)24-13(14,12(19)20-4)10(8)23-7(3)17/h8-11,18H,1-4H3/t8-,9-,10+,11-,13+/m1/s1. The Morgan fingerprint density at radius 2 is 1.42 bits per heavy atom. The molecule has 0 spiro atoms. The maximum absolute atomic E-state index is 12.0. The van der Waals surface area contributed by atoms with Gasteiger partial charge in [-0.05, 0) is 15.9 Å². The van der Waals surface area contributed by atoms with Crippen molar-refractivity contribution in [2.75, 3.05) is 7.11 Å². The zero-order chi connectivity index (χ0) is 18.7. The Bertz CT molecular complexity index is 535. The first-order valence-corrected chi connectivity index (χ1v) is 7.47. The second-order valence-corrected chi connectivity index (χ2v) is 6.00. The third-order valence-corrected chi connectivity index (χ3v) is 3.88. The smallest absolute Gasteiger partial charge is 0.353 e. The van der Waals surface area contributed by atoms with Crippen LogP contribution in [0.1, 0.15) is 20.8 Å². The summed E-state index contributed by atoms with van der Waals surface area (Å²) < 4.78 is 22.4. The highest BCUT2D eigenvalue weighted by molar-refractivity contribution is 9.10. The van der Waals surface area contributed by atoms with E-state index in [1.807, 2.05) is 0 Å². The minimum absolute atomic E-state index is 0.818. The molecule has 1 heterocycles. The maximum Gasteiger partial charge on any atom is 0.353 e. The van der Waals surface area contributed by atoms with Crippen molar-refractivity contribution in [3.63, 3.8) is 0 Å². The van der Waals surface area contributed by atoms with Gasteiger partial charge < -0.3 is 28.8 Å². The predicted molar refractivity (Wildman–Crippen MR) is 77.4 cm³/mol. The van der Waals surface area contributed by atoms with Crippen LogP contribution in [0.5, 0.6) is 0 Å². The number of esters is 4. The number of alkyl halides is 1. The molecule has 5 atom stereocenters. The quantitative estimate of drug-likeness (QED) is 0.361. The van der Waals surface area contributed by atoms with Gasteiger partial charge in [-0.1, -0.05) is 0 Å². The van der Waals surface area contributed by atoms with Crippen molar-refractivity contribution in [1.82, 2.24) is 0 Å². The number of ether oxygens (including phenoxy) is 5. The zero-order valence-corrected chi connectivity index (χ0v) is 14.9. The monoisotopic (exact) mass is 412 g/mol. The van der Waals surface area contributed by atoms with Gasteiger partial charge >= 0.3 is 23.9 Å². The van der Waals surface area contributed by atoms with Gasteiger partial charge in [0.05, 0.1) is 7.11 Å². The number of halogens is 1. The number of carbonyl (C=O) groups excluding carboxylic acids is 4. The fraction of sp³-hybridized carbons (Fsp3) is 0.692. The van der Waals surface area contributed by atoms with E-state index < -0.39 is 53.0 Å². The van der Waals surface area contributed by atoms with Crippen molar-refractivity contribution in [2.24, 2.45) is 0 Å². The van der Waals surface area contributed by atoms with Crippen LogP contribution >= 0.6 is 15.9 Å². The molecule has 1 saturated heterocycles. The maximum atomic E-state index is 12.0. The van der Waals surface area contributed by atoms with E-state index in [1.165, 1.54) is 0 Å². The summed E-state index contributed by atoms with van der Waals surface area (Å²) in [7, 11) is 1.03. The largest absolute Gasteiger partial charge is 0.466 e. The number of carbonyl (C=O) groups is 4. The molecule has 0 aliphatic carbocycles. The Labute approximate surface area is 145 Å². The number of aliphatic hydroxyl groups excluding tert-OH is 1. The van der Waals surface area contributed by atoms with Crippen LogP contribution in [0.15, 0.2) is 0 Å². The van der Waals surface area contributed by atoms with Crippen LogP contribution in [0.25, 0.3) is 0 Å². The number of hydrogen-bond acceptors (Lipinski definition) is 10. The van der Waals surface area contributed by atoms with Crippen LogP contribution < -0.4 is 0 Å². The van der Waals surface area contributed by atoms with Crippen LogP contribution in [-0.4, -0.2) is 65.2 Å². The zero-order valence-electron chi connectivity index (χ0n) is 13.3. The number of rotatable bonds is 4. The normalized spacial score (nSPS) is 32.4. The van der Waals surface area contributed by atoms with Crippen LogP contribution in [-0.2, 0) is 42.9 Å². The van der Waals surface area contributed by atoms with Crippen molar-refractivity contribution >= 4 is 39.8 Å². The molecule has 1 aliphatic rings. The van der Waals surface area contributed by atoms with E-state index in [0.29, 0.717) is 0 Å². The van der Waals surface area contributed by atoms with Gasteiger partial charge in [0.15, 0.2) is 24.6 Å². The predicted octanol–water partition coefficient (Wildman–Crippen LogP) is -0.606. The molecule has 0 amide bonds. The first-order chi connectivity index (χ1) is 11.0. The van der Waals surface area contributed by atoms with E-state index in [0.717, 1.165) is 27.9 Å². The molecule has 0 aromatic heterocycles. The van der Waals surface area contributed by atoms with Gasteiger partial charge in [-0.15, -0.1) is 0 Å². The molecule has 0 bridgehead atoms. The molecule has 11 heteroatoms. The fourth-order valence-electron chi connectivity index (χ4n) is 2.12. The van der Waals surface area contributed by atoms with Crippen molar-refractivity contribution in [1.29, 1.82) is 0 Å². The van der Waals surface area contributed by atoms with Crippen molar-refractivity contribution < 1.29 is 48.0 Å². The van der Waals surface area contributed by atoms with E-state index in [4.69, 9.17) is 18.9 Å². The lowest BCUT2D eigenvalue weighted by atomic mass is 9.97. The second-order valence-electron chi connectivity index (χ2n) is 4.82. The van der Waals surface area contributed by atoms with Gasteiger partial charge in [0.25, 0.3) is 4.51 Å². The molecule has 0 radical (unpaired) electrons. The Balaban J connectivity index is 3.37. The van der Waals surface area contributed by atoms with E-state index in [1.54, 1.807) is 0 Å². The summed E-state index contributed by atoms with van der Waals surface area (Å²) in [5.74, 6) is -3.55. The second kappa shape index (κ2) is 7.90. The molecule has 1 fully saturated rings. The SMILES string of the molecule is COC(=O)[C@@]1(Br)O[C@@H](O)[C@H](OC(C)=O)[C@@H](OC(C)=O)[C@@H]1OC(C)=O. The molecular formula is C13H17BrO10. The van der Waals surface area contributed by atoms with E-state index in [9.17, 15) is 24.3 Å².